The molecule has 2 N–H and O–H groups in total. The van der Waals surface area contributed by atoms with Crippen LogP contribution in [0.4, 0.5) is 0 Å². The lowest BCUT2D eigenvalue weighted by Gasteiger charge is -2.25. The number of carbonyl (C=O) groups is 2. The average molecular weight is 266 g/mol. The van der Waals surface area contributed by atoms with Gasteiger partial charge in [-0.1, -0.05) is 30.3 Å². The van der Waals surface area contributed by atoms with Crippen LogP contribution in [-0.2, 0) is 14.3 Å². The van der Waals surface area contributed by atoms with Crippen molar-refractivity contribution in [2.75, 3.05) is 6.61 Å². The Morgan fingerprint density at radius 3 is 2.37 bits per heavy atom. The summed E-state index contributed by atoms with van der Waals surface area (Å²) in [6.45, 7) is 2.97. The average Bonchev–Trinajstić information content (AvgIpc) is 2.39. The molecule has 0 aliphatic heterocycles. The van der Waals surface area contributed by atoms with E-state index in [4.69, 9.17) is 4.74 Å². The van der Waals surface area contributed by atoms with Gasteiger partial charge in [0.25, 0.3) is 0 Å². The van der Waals surface area contributed by atoms with Crippen LogP contribution in [0, 0.1) is 5.41 Å². The van der Waals surface area contributed by atoms with Crippen molar-refractivity contribution >= 4 is 11.9 Å². The lowest BCUT2D eigenvalue weighted by molar-refractivity contribution is -0.169. The molecule has 5 heteroatoms. The maximum Gasteiger partial charge on any atom is 0.323 e. The summed E-state index contributed by atoms with van der Waals surface area (Å²) in [7, 11) is 0. The minimum absolute atomic E-state index is 0.100. The van der Waals surface area contributed by atoms with Crippen molar-refractivity contribution in [3.05, 3.63) is 35.9 Å². The predicted octanol–water partition coefficient (Wildman–Crippen LogP) is 1.76. The first kappa shape index (κ1) is 15.2. The number of carbonyl (C=O) groups excluding carboxylic acids is 1. The highest BCUT2D eigenvalue weighted by Crippen LogP contribution is 2.32. The van der Waals surface area contributed by atoms with Gasteiger partial charge in [0.05, 0.1) is 12.7 Å². The number of hydrogen-bond donors (Lipinski definition) is 2. The highest BCUT2D eigenvalue weighted by Gasteiger charge is 2.44. The molecule has 104 valence electrons. The molecule has 19 heavy (non-hydrogen) atoms. The monoisotopic (exact) mass is 266 g/mol. The van der Waals surface area contributed by atoms with E-state index >= 15 is 0 Å². The molecular weight excluding hydrogens is 248 g/mol. The summed E-state index contributed by atoms with van der Waals surface area (Å²) in [6, 6.07) is 8.62. The van der Waals surface area contributed by atoms with Gasteiger partial charge in [0.2, 0.25) is 0 Å². The summed E-state index contributed by atoms with van der Waals surface area (Å²) < 4.78 is 4.77. The Bertz CT molecular complexity index is 442. The summed E-state index contributed by atoms with van der Waals surface area (Å²) >= 11 is 0. The third kappa shape index (κ3) is 3.54. The Morgan fingerprint density at radius 2 is 1.89 bits per heavy atom. The molecular formula is C14H18O5. The lowest BCUT2D eigenvalue weighted by atomic mass is 9.82. The van der Waals surface area contributed by atoms with Crippen LogP contribution in [0.15, 0.2) is 30.3 Å². The summed E-state index contributed by atoms with van der Waals surface area (Å²) in [5.74, 6) is -2.14. The minimum Gasteiger partial charge on any atom is -0.480 e. The maximum absolute atomic E-state index is 11.8. The van der Waals surface area contributed by atoms with Crippen molar-refractivity contribution in [1.82, 2.24) is 0 Å². The van der Waals surface area contributed by atoms with Crippen LogP contribution in [0.5, 0.6) is 0 Å². The molecule has 0 aliphatic carbocycles. The Hall–Kier alpha value is -1.88. The number of aliphatic hydroxyl groups is 1. The molecule has 0 fully saturated rings. The molecule has 0 aromatic heterocycles. The fourth-order valence-electron chi connectivity index (χ4n) is 1.73. The molecule has 5 nitrogen and oxygen atoms in total. The van der Waals surface area contributed by atoms with Gasteiger partial charge in [-0.2, -0.15) is 0 Å². The van der Waals surface area contributed by atoms with Crippen LogP contribution in [0.25, 0.3) is 0 Å². The quantitative estimate of drug-likeness (QED) is 0.605. The number of rotatable bonds is 6. The number of carboxylic acids is 1. The smallest absolute Gasteiger partial charge is 0.323 e. The van der Waals surface area contributed by atoms with Gasteiger partial charge < -0.3 is 14.9 Å². The van der Waals surface area contributed by atoms with E-state index in [2.05, 4.69) is 0 Å². The molecule has 1 aromatic rings. The van der Waals surface area contributed by atoms with Gasteiger partial charge in [0, 0.05) is 6.42 Å². The van der Waals surface area contributed by atoms with E-state index in [1.807, 2.05) is 0 Å². The van der Waals surface area contributed by atoms with Crippen molar-refractivity contribution < 1.29 is 24.5 Å². The second-order valence-corrected chi connectivity index (χ2v) is 4.49. The van der Waals surface area contributed by atoms with Crippen molar-refractivity contribution in [1.29, 1.82) is 0 Å². The van der Waals surface area contributed by atoms with Gasteiger partial charge in [-0.15, -0.1) is 0 Å². The second-order valence-electron chi connectivity index (χ2n) is 4.49. The molecule has 0 spiro atoms. The minimum atomic E-state index is -1.76. The molecule has 2 atom stereocenters. The predicted molar refractivity (Wildman–Crippen MR) is 68.4 cm³/mol. The van der Waals surface area contributed by atoms with Crippen LogP contribution in [-0.4, -0.2) is 28.8 Å². The summed E-state index contributed by atoms with van der Waals surface area (Å²) in [6.07, 6.45) is -1.27. The standard InChI is InChI=1S/C14H18O5/c1-3-19-13(18)14(2,12(16)17)9-11(15)10-7-5-4-6-8-10/h4-8,11,15H,3,9H2,1-2H3,(H,16,17). The summed E-state index contributed by atoms with van der Waals surface area (Å²) in [5, 5.41) is 19.3. The Labute approximate surface area is 111 Å². The maximum atomic E-state index is 11.8. The number of carboxylic acid groups (broad SMARTS) is 1. The van der Waals surface area contributed by atoms with Crippen molar-refractivity contribution in [3.63, 3.8) is 0 Å². The van der Waals surface area contributed by atoms with Crippen molar-refractivity contribution in [2.45, 2.75) is 26.4 Å². The third-order valence-electron chi connectivity index (χ3n) is 2.98. The fraction of sp³-hybridized carbons (Fsp3) is 0.429. The van der Waals surface area contributed by atoms with Gasteiger partial charge in [-0.3, -0.25) is 9.59 Å². The molecule has 0 saturated carbocycles. The molecule has 0 bridgehead atoms. The second kappa shape index (κ2) is 6.33. The van der Waals surface area contributed by atoms with E-state index in [1.165, 1.54) is 6.92 Å². The zero-order chi connectivity index (χ0) is 14.5. The third-order valence-corrected chi connectivity index (χ3v) is 2.98. The number of aliphatic carboxylic acids is 1. The lowest BCUT2D eigenvalue weighted by Crippen LogP contribution is -2.39. The molecule has 0 radical (unpaired) electrons. The van der Waals surface area contributed by atoms with Crippen LogP contribution in [0.3, 0.4) is 0 Å². The Morgan fingerprint density at radius 1 is 1.32 bits per heavy atom. The van der Waals surface area contributed by atoms with E-state index in [-0.39, 0.29) is 13.0 Å². The molecule has 0 saturated heterocycles. The Kier molecular flexibility index (Phi) is 5.06. The van der Waals surface area contributed by atoms with E-state index < -0.39 is 23.5 Å². The van der Waals surface area contributed by atoms with E-state index in [1.54, 1.807) is 37.3 Å². The summed E-state index contributed by atoms with van der Waals surface area (Å²) in [4.78, 5) is 23.1. The first-order valence-electron chi connectivity index (χ1n) is 6.05. The van der Waals surface area contributed by atoms with Crippen LogP contribution in [0.2, 0.25) is 0 Å². The largest absolute Gasteiger partial charge is 0.480 e. The van der Waals surface area contributed by atoms with Gasteiger partial charge in [-0.25, -0.2) is 0 Å². The van der Waals surface area contributed by atoms with Crippen LogP contribution in [0.1, 0.15) is 31.9 Å². The SMILES string of the molecule is CCOC(=O)C(C)(CC(O)c1ccccc1)C(=O)O. The van der Waals surface area contributed by atoms with Crippen LogP contribution >= 0.6 is 0 Å². The first-order valence-corrected chi connectivity index (χ1v) is 6.05. The molecule has 0 aliphatic rings. The van der Waals surface area contributed by atoms with E-state index in [9.17, 15) is 19.8 Å². The number of aliphatic hydroxyl groups excluding tert-OH is 1. The first-order chi connectivity index (χ1) is 8.91. The number of benzene rings is 1. The molecule has 0 heterocycles. The van der Waals surface area contributed by atoms with Gasteiger partial charge >= 0.3 is 11.9 Å². The van der Waals surface area contributed by atoms with Crippen molar-refractivity contribution in [3.8, 4) is 0 Å². The Balaban J connectivity index is 2.90. The highest BCUT2D eigenvalue weighted by molar-refractivity contribution is 5.98. The van der Waals surface area contributed by atoms with E-state index in [0.717, 1.165) is 0 Å². The zero-order valence-electron chi connectivity index (χ0n) is 11.0. The fourth-order valence-corrected chi connectivity index (χ4v) is 1.73. The van der Waals surface area contributed by atoms with Crippen molar-refractivity contribution in [2.24, 2.45) is 5.41 Å². The molecule has 0 amide bonds. The van der Waals surface area contributed by atoms with E-state index in [0.29, 0.717) is 5.56 Å². The highest BCUT2D eigenvalue weighted by atomic mass is 16.5. The van der Waals surface area contributed by atoms with Gasteiger partial charge in [0.1, 0.15) is 0 Å². The van der Waals surface area contributed by atoms with Gasteiger partial charge in [0.15, 0.2) is 5.41 Å². The van der Waals surface area contributed by atoms with Gasteiger partial charge in [-0.05, 0) is 19.4 Å². The number of hydrogen-bond acceptors (Lipinski definition) is 4. The summed E-state index contributed by atoms with van der Waals surface area (Å²) in [5.41, 5.74) is -1.19. The molecule has 1 rings (SSSR count). The number of esters is 1. The normalized spacial score (nSPS) is 15.3. The topological polar surface area (TPSA) is 83.8 Å². The number of ether oxygens (including phenoxy) is 1. The molecule has 1 aromatic carbocycles. The van der Waals surface area contributed by atoms with Crippen LogP contribution < -0.4 is 0 Å². The molecule has 2 unspecified atom stereocenters. The zero-order valence-corrected chi connectivity index (χ0v) is 11.0.